The quantitative estimate of drug-likeness (QED) is 0.745. The molecule has 1 rings (SSSR count). The molecule has 15 heavy (non-hydrogen) atoms. The summed E-state index contributed by atoms with van der Waals surface area (Å²) >= 11 is 7.49. The maximum absolute atomic E-state index is 5.85. The van der Waals surface area contributed by atoms with Crippen LogP contribution >= 0.6 is 22.9 Å². The van der Waals surface area contributed by atoms with Crippen LogP contribution in [0.2, 0.25) is 4.34 Å². The molecule has 0 unspecified atom stereocenters. The molecule has 0 aliphatic carbocycles. The summed E-state index contributed by atoms with van der Waals surface area (Å²) in [5.41, 5.74) is 0. The third-order valence-electron chi connectivity index (χ3n) is 2.20. The smallest absolute Gasteiger partial charge is 0.0931 e. The van der Waals surface area contributed by atoms with Gasteiger partial charge in [0, 0.05) is 24.5 Å². The molecule has 1 aromatic rings. The molecule has 1 N–H and O–H groups in total. The number of nitrogens with zero attached hydrogens (tertiary/aromatic N) is 1. The first-order valence-corrected chi connectivity index (χ1v) is 6.55. The first-order chi connectivity index (χ1) is 7.22. The number of hydrogen-bond acceptors (Lipinski definition) is 3. The lowest BCUT2D eigenvalue weighted by Crippen LogP contribution is -2.29. The minimum atomic E-state index is 0.870. The van der Waals surface area contributed by atoms with Gasteiger partial charge in [-0.15, -0.1) is 11.3 Å². The summed E-state index contributed by atoms with van der Waals surface area (Å²) in [6.45, 7) is 6.44. The summed E-state index contributed by atoms with van der Waals surface area (Å²) < 4.78 is 0.870. The van der Waals surface area contributed by atoms with E-state index >= 15 is 0 Å². The lowest BCUT2D eigenvalue weighted by Gasteiger charge is -2.15. The van der Waals surface area contributed by atoms with Gasteiger partial charge in [-0.1, -0.05) is 18.5 Å². The van der Waals surface area contributed by atoms with E-state index in [4.69, 9.17) is 11.6 Å². The van der Waals surface area contributed by atoms with Crippen molar-refractivity contribution in [3.05, 3.63) is 21.3 Å². The zero-order valence-electron chi connectivity index (χ0n) is 9.42. The van der Waals surface area contributed by atoms with E-state index in [1.165, 1.54) is 17.8 Å². The second-order valence-electron chi connectivity index (χ2n) is 3.69. The zero-order chi connectivity index (χ0) is 11.1. The Kier molecular flexibility index (Phi) is 6.25. The van der Waals surface area contributed by atoms with Crippen molar-refractivity contribution in [2.75, 3.05) is 26.7 Å². The van der Waals surface area contributed by atoms with Gasteiger partial charge in [-0.05, 0) is 32.1 Å². The maximum Gasteiger partial charge on any atom is 0.0931 e. The summed E-state index contributed by atoms with van der Waals surface area (Å²) in [5.74, 6) is 0. The fourth-order valence-corrected chi connectivity index (χ4v) is 2.48. The molecule has 0 radical (unpaired) electrons. The standard InChI is InChI=1S/C11H19ClN2S/c1-3-7-14(2)8-6-13-9-10-4-5-11(12)15-10/h4-5,13H,3,6-9H2,1-2H3. The van der Waals surface area contributed by atoms with Crippen molar-refractivity contribution < 1.29 is 0 Å². The van der Waals surface area contributed by atoms with Gasteiger partial charge in [-0.2, -0.15) is 0 Å². The third-order valence-corrected chi connectivity index (χ3v) is 3.43. The molecule has 0 aromatic carbocycles. The van der Waals surface area contributed by atoms with Crippen molar-refractivity contribution in [2.45, 2.75) is 19.9 Å². The molecule has 0 aliphatic rings. The highest BCUT2D eigenvalue weighted by molar-refractivity contribution is 7.16. The van der Waals surface area contributed by atoms with Crippen molar-refractivity contribution in [2.24, 2.45) is 0 Å². The van der Waals surface area contributed by atoms with Gasteiger partial charge in [0.2, 0.25) is 0 Å². The van der Waals surface area contributed by atoms with Crippen LogP contribution in [0.1, 0.15) is 18.2 Å². The van der Waals surface area contributed by atoms with Crippen LogP contribution in [0.3, 0.4) is 0 Å². The van der Waals surface area contributed by atoms with Gasteiger partial charge in [0.25, 0.3) is 0 Å². The Bertz CT molecular complexity index is 275. The van der Waals surface area contributed by atoms with Gasteiger partial charge in [-0.25, -0.2) is 0 Å². The Hall–Kier alpha value is -0.0900. The summed E-state index contributed by atoms with van der Waals surface area (Å²) in [5, 5.41) is 3.41. The molecular formula is C11H19ClN2S. The Morgan fingerprint density at radius 3 is 2.80 bits per heavy atom. The molecule has 0 bridgehead atoms. The Balaban J connectivity index is 2.06. The van der Waals surface area contributed by atoms with E-state index in [1.54, 1.807) is 11.3 Å². The molecule has 0 amide bonds. The predicted octanol–water partition coefficient (Wildman–Crippen LogP) is 2.83. The molecule has 0 saturated carbocycles. The van der Waals surface area contributed by atoms with Gasteiger partial charge < -0.3 is 10.2 Å². The van der Waals surface area contributed by atoms with Crippen LogP contribution in [0, 0.1) is 0 Å². The molecular weight excluding hydrogens is 228 g/mol. The van der Waals surface area contributed by atoms with E-state index in [1.807, 2.05) is 6.07 Å². The average molecular weight is 247 g/mol. The van der Waals surface area contributed by atoms with E-state index in [-0.39, 0.29) is 0 Å². The molecule has 0 aliphatic heterocycles. The fraction of sp³-hybridized carbons (Fsp3) is 0.636. The van der Waals surface area contributed by atoms with Crippen molar-refractivity contribution in [1.29, 1.82) is 0 Å². The minimum Gasteiger partial charge on any atom is -0.311 e. The van der Waals surface area contributed by atoms with Crippen LogP contribution in [0.15, 0.2) is 12.1 Å². The van der Waals surface area contributed by atoms with Crippen LogP contribution in [0.5, 0.6) is 0 Å². The van der Waals surface area contributed by atoms with Gasteiger partial charge in [0.05, 0.1) is 4.34 Å². The number of halogens is 1. The Labute approximate surface area is 101 Å². The van der Waals surface area contributed by atoms with E-state index in [0.29, 0.717) is 0 Å². The monoisotopic (exact) mass is 246 g/mol. The SMILES string of the molecule is CCCN(C)CCNCc1ccc(Cl)s1. The molecule has 0 fully saturated rings. The topological polar surface area (TPSA) is 15.3 Å². The third kappa shape index (κ3) is 5.52. The van der Waals surface area contributed by atoms with Crippen molar-refractivity contribution in [3.63, 3.8) is 0 Å². The number of rotatable bonds is 7. The average Bonchev–Trinajstić information content (AvgIpc) is 2.60. The second-order valence-corrected chi connectivity index (χ2v) is 5.49. The van der Waals surface area contributed by atoms with Crippen LogP contribution < -0.4 is 5.32 Å². The fourth-order valence-electron chi connectivity index (χ4n) is 1.42. The van der Waals surface area contributed by atoms with Crippen LogP contribution in [0.25, 0.3) is 0 Å². The first-order valence-electron chi connectivity index (χ1n) is 5.36. The van der Waals surface area contributed by atoms with Gasteiger partial charge in [0.1, 0.15) is 0 Å². The normalized spacial score (nSPS) is 11.2. The molecule has 1 aromatic heterocycles. The van der Waals surface area contributed by atoms with E-state index < -0.39 is 0 Å². The largest absolute Gasteiger partial charge is 0.311 e. The van der Waals surface area contributed by atoms with Gasteiger partial charge in [-0.3, -0.25) is 0 Å². The number of nitrogens with one attached hydrogen (secondary N) is 1. The highest BCUT2D eigenvalue weighted by Gasteiger charge is 1.98. The highest BCUT2D eigenvalue weighted by Crippen LogP contribution is 2.20. The molecule has 1 heterocycles. The molecule has 86 valence electrons. The predicted molar refractivity (Wildman–Crippen MR) is 68.8 cm³/mol. The molecule has 0 saturated heterocycles. The van der Waals surface area contributed by atoms with Gasteiger partial charge >= 0.3 is 0 Å². The molecule has 2 nitrogen and oxygen atoms in total. The lowest BCUT2D eigenvalue weighted by atomic mass is 10.4. The van der Waals surface area contributed by atoms with Gasteiger partial charge in [0.15, 0.2) is 0 Å². The second kappa shape index (κ2) is 7.23. The summed E-state index contributed by atoms with van der Waals surface area (Å²) in [6, 6.07) is 4.03. The van der Waals surface area contributed by atoms with Crippen LogP contribution in [-0.2, 0) is 6.54 Å². The van der Waals surface area contributed by atoms with Crippen molar-refractivity contribution >= 4 is 22.9 Å². The molecule has 0 atom stereocenters. The summed E-state index contributed by atoms with van der Waals surface area (Å²) in [6.07, 6.45) is 1.22. The number of likely N-dealkylation sites (N-methyl/N-ethyl adjacent to an activating group) is 1. The van der Waals surface area contributed by atoms with Crippen LogP contribution in [-0.4, -0.2) is 31.6 Å². The maximum atomic E-state index is 5.85. The lowest BCUT2D eigenvalue weighted by molar-refractivity contribution is 0.332. The Morgan fingerprint density at radius 2 is 2.20 bits per heavy atom. The van der Waals surface area contributed by atoms with E-state index in [2.05, 4.69) is 30.3 Å². The van der Waals surface area contributed by atoms with E-state index in [9.17, 15) is 0 Å². The van der Waals surface area contributed by atoms with E-state index in [0.717, 1.165) is 24.0 Å². The number of hydrogen-bond donors (Lipinski definition) is 1. The number of thiophene rings is 1. The van der Waals surface area contributed by atoms with Crippen LogP contribution in [0.4, 0.5) is 0 Å². The van der Waals surface area contributed by atoms with Crippen molar-refractivity contribution in [3.8, 4) is 0 Å². The zero-order valence-corrected chi connectivity index (χ0v) is 11.0. The molecule has 0 spiro atoms. The summed E-state index contributed by atoms with van der Waals surface area (Å²) in [4.78, 5) is 3.65. The first kappa shape index (κ1) is 13.0. The van der Waals surface area contributed by atoms with Crippen molar-refractivity contribution in [1.82, 2.24) is 10.2 Å². The Morgan fingerprint density at radius 1 is 1.40 bits per heavy atom. The molecule has 4 heteroatoms. The highest BCUT2D eigenvalue weighted by atomic mass is 35.5. The minimum absolute atomic E-state index is 0.870. The summed E-state index contributed by atoms with van der Waals surface area (Å²) in [7, 11) is 2.16.